The van der Waals surface area contributed by atoms with Crippen molar-refractivity contribution in [2.24, 2.45) is 5.92 Å². The Hall–Kier alpha value is -2.04. The Kier molecular flexibility index (Phi) is 4.27. The summed E-state index contributed by atoms with van der Waals surface area (Å²) in [4.78, 5) is 27.8. The van der Waals surface area contributed by atoms with Gasteiger partial charge in [-0.1, -0.05) is 19.9 Å². The third kappa shape index (κ3) is 3.10. The van der Waals surface area contributed by atoms with Crippen LogP contribution in [0.2, 0.25) is 0 Å². The summed E-state index contributed by atoms with van der Waals surface area (Å²) in [6, 6.07) is 7.00. The molecule has 0 bridgehead atoms. The zero-order chi connectivity index (χ0) is 14.7. The molecule has 5 heteroatoms. The van der Waals surface area contributed by atoms with Gasteiger partial charge in [0.25, 0.3) is 5.91 Å². The van der Waals surface area contributed by atoms with Crippen LogP contribution in [0.25, 0.3) is 0 Å². The second-order valence-corrected chi connectivity index (χ2v) is 5.40. The summed E-state index contributed by atoms with van der Waals surface area (Å²) in [7, 11) is 0. The third-order valence-electron chi connectivity index (χ3n) is 3.51. The minimum Gasteiger partial charge on any atom is -0.399 e. The quantitative estimate of drug-likeness (QED) is 0.825. The van der Waals surface area contributed by atoms with Gasteiger partial charge in [-0.05, 0) is 18.2 Å². The lowest BCUT2D eigenvalue weighted by atomic mass is 10.1. The fourth-order valence-electron chi connectivity index (χ4n) is 2.35. The fraction of sp³-hybridized carbons (Fsp3) is 0.467. The predicted molar refractivity (Wildman–Crippen MR) is 78.2 cm³/mol. The molecule has 0 atom stereocenters. The van der Waals surface area contributed by atoms with Crippen LogP contribution >= 0.6 is 0 Å². The first kappa shape index (κ1) is 14.4. The highest BCUT2D eigenvalue weighted by Crippen LogP contribution is 2.13. The van der Waals surface area contributed by atoms with Crippen LogP contribution in [0.5, 0.6) is 0 Å². The lowest BCUT2D eigenvalue weighted by molar-refractivity contribution is -0.135. The first-order valence-corrected chi connectivity index (χ1v) is 6.92. The third-order valence-corrected chi connectivity index (χ3v) is 3.51. The van der Waals surface area contributed by atoms with Crippen LogP contribution in [-0.2, 0) is 4.79 Å². The van der Waals surface area contributed by atoms with E-state index in [1.807, 2.05) is 18.7 Å². The molecule has 1 aliphatic heterocycles. The van der Waals surface area contributed by atoms with Crippen LogP contribution in [0.3, 0.4) is 0 Å². The molecular formula is C15H21N3O2. The van der Waals surface area contributed by atoms with E-state index in [2.05, 4.69) is 0 Å². The lowest BCUT2D eigenvalue weighted by Crippen LogP contribution is -2.51. The Bertz CT molecular complexity index is 506. The molecule has 5 nitrogen and oxygen atoms in total. The maximum atomic E-state index is 12.3. The van der Waals surface area contributed by atoms with E-state index in [-0.39, 0.29) is 17.7 Å². The van der Waals surface area contributed by atoms with Gasteiger partial charge >= 0.3 is 0 Å². The number of nitrogen functional groups attached to an aromatic ring is 1. The molecule has 1 aromatic carbocycles. The topological polar surface area (TPSA) is 66.6 Å². The maximum absolute atomic E-state index is 12.3. The van der Waals surface area contributed by atoms with E-state index in [4.69, 9.17) is 5.73 Å². The summed E-state index contributed by atoms with van der Waals surface area (Å²) in [6.07, 6.45) is 0. The highest BCUT2D eigenvalue weighted by Gasteiger charge is 2.25. The summed E-state index contributed by atoms with van der Waals surface area (Å²) in [5.41, 5.74) is 6.89. The van der Waals surface area contributed by atoms with Crippen LogP contribution in [0, 0.1) is 5.92 Å². The number of nitrogens with two attached hydrogens (primary N) is 1. The van der Waals surface area contributed by atoms with Crippen molar-refractivity contribution in [3.05, 3.63) is 29.8 Å². The minimum absolute atomic E-state index is 0.00572. The van der Waals surface area contributed by atoms with Crippen LogP contribution in [0.4, 0.5) is 5.69 Å². The molecule has 2 amide bonds. The number of hydrogen-bond acceptors (Lipinski definition) is 3. The fourth-order valence-corrected chi connectivity index (χ4v) is 2.35. The predicted octanol–water partition coefficient (Wildman–Crippen LogP) is 1.21. The lowest BCUT2D eigenvalue weighted by Gasteiger charge is -2.35. The minimum atomic E-state index is -0.0195. The molecule has 2 rings (SSSR count). The molecule has 0 aliphatic carbocycles. The van der Waals surface area contributed by atoms with Crippen molar-refractivity contribution < 1.29 is 9.59 Å². The summed E-state index contributed by atoms with van der Waals surface area (Å²) in [5, 5.41) is 0. The van der Waals surface area contributed by atoms with Gasteiger partial charge in [0.05, 0.1) is 0 Å². The molecule has 1 aromatic rings. The zero-order valence-corrected chi connectivity index (χ0v) is 12.0. The summed E-state index contributed by atoms with van der Waals surface area (Å²) >= 11 is 0. The number of nitrogens with zero attached hydrogens (tertiary/aromatic N) is 2. The number of hydrogen-bond donors (Lipinski definition) is 1. The van der Waals surface area contributed by atoms with Crippen LogP contribution < -0.4 is 5.73 Å². The second-order valence-electron chi connectivity index (χ2n) is 5.40. The van der Waals surface area contributed by atoms with Crippen molar-refractivity contribution in [1.82, 2.24) is 9.80 Å². The Balaban J connectivity index is 1.97. The van der Waals surface area contributed by atoms with Gasteiger partial charge in [-0.2, -0.15) is 0 Å². The van der Waals surface area contributed by atoms with Crippen molar-refractivity contribution in [2.45, 2.75) is 13.8 Å². The Morgan fingerprint density at radius 3 is 2.25 bits per heavy atom. The normalized spacial score (nSPS) is 15.6. The highest BCUT2D eigenvalue weighted by atomic mass is 16.2. The molecule has 1 saturated heterocycles. The Morgan fingerprint density at radius 1 is 1.10 bits per heavy atom. The van der Waals surface area contributed by atoms with Gasteiger partial charge < -0.3 is 15.5 Å². The molecule has 0 radical (unpaired) electrons. The van der Waals surface area contributed by atoms with Crippen LogP contribution in [0.15, 0.2) is 24.3 Å². The standard InChI is InChI=1S/C15H21N3O2/c1-11(2)14(19)17-6-8-18(9-7-17)15(20)12-4-3-5-13(16)10-12/h3-5,10-11H,6-9,16H2,1-2H3. The van der Waals surface area contributed by atoms with Crippen molar-refractivity contribution in [3.8, 4) is 0 Å². The molecule has 0 aromatic heterocycles. The second kappa shape index (κ2) is 5.94. The summed E-state index contributed by atoms with van der Waals surface area (Å²) in [5.74, 6) is 0.140. The van der Waals surface area contributed by atoms with Crippen molar-refractivity contribution in [1.29, 1.82) is 0 Å². The molecule has 2 N–H and O–H groups in total. The van der Waals surface area contributed by atoms with Crippen LogP contribution in [-0.4, -0.2) is 47.8 Å². The summed E-state index contributed by atoms with van der Waals surface area (Å²) in [6.45, 7) is 6.15. The molecule has 20 heavy (non-hydrogen) atoms. The van der Waals surface area contributed by atoms with Gasteiger partial charge in [0.1, 0.15) is 0 Å². The van der Waals surface area contributed by atoms with Crippen molar-refractivity contribution in [3.63, 3.8) is 0 Å². The smallest absolute Gasteiger partial charge is 0.254 e. The molecule has 1 aliphatic rings. The first-order valence-electron chi connectivity index (χ1n) is 6.92. The number of carbonyl (C=O) groups is 2. The van der Waals surface area contributed by atoms with Gasteiger partial charge in [-0.15, -0.1) is 0 Å². The van der Waals surface area contributed by atoms with E-state index < -0.39 is 0 Å². The largest absolute Gasteiger partial charge is 0.399 e. The Labute approximate surface area is 119 Å². The molecule has 1 fully saturated rings. The molecule has 0 spiro atoms. The van der Waals surface area contributed by atoms with E-state index >= 15 is 0 Å². The maximum Gasteiger partial charge on any atom is 0.254 e. The van der Waals surface area contributed by atoms with E-state index in [0.29, 0.717) is 37.4 Å². The van der Waals surface area contributed by atoms with Gasteiger partial charge in [0, 0.05) is 43.3 Å². The number of benzene rings is 1. The average molecular weight is 275 g/mol. The van der Waals surface area contributed by atoms with Crippen LogP contribution in [0.1, 0.15) is 24.2 Å². The van der Waals surface area contributed by atoms with E-state index in [1.54, 1.807) is 29.2 Å². The Morgan fingerprint density at radius 2 is 1.70 bits per heavy atom. The zero-order valence-electron chi connectivity index (χ0n) is 12.0. The molecular weight excluding hydrogens is 254 g/mol. The van der Waals surface area contributed by atoms with E-state index in [0.717, 1.165) is 0 Å². The highest BCUT2D eigenvalue weighted by molar-refractivity contribution is 5.95. The van der Waals surface area contributed by atoms with E-state index in [9.17, 15) is 9.59 Å². The molecule has 108 valence electrons. The number of rotatable bonds is 2. The molecule has 1 heterocycles. The van der Waals surface area contributed by atoms with Gasteiger partial charge in [-0.3, -0.25) is 9.59 Å². The monoisotopic (exact) mass is 275 g/mol. The summed E-state index contributed by atoms with van der Waals surface area (Å²) < 4.78 is 0. The number of anilines is 1. The number of carbonyl (C=O) groups excluding carboxylic acids is 2. The van der Waals surface area contributed by atoms with Gasteiger partial charge in [0.2, 0.25) is 5.91 Å². The van der Waals surface area contributed by atoms with Crippen molar-refractivity contribution >= 4 is 17.5 Å². The van der Waals surface area contributed by atoms with E-state index in [1.165, 1.54) is 0 Å². The molecule has 0 saturated carbocycles. The number of piperazine rings is 1. The number of amides is 2. The van der Waals surface area contributed by atoms with Crippen molar-refractivity contribution in [2.75, 3.05) is 31.9 Å². The molecule has 0 unspecified atom stereocenters. The SMILES string of the molecule is CC(C)C(=O)N1CCN(C(=O)c2cccc(N)c2)CC1. The average Bonchev–Trinajstić information content (AvgIpc) is 2.46. The van der Waals surface area contributed by atoms with Gasteiger partial charge in [0.15, 0.2) is 0 Å². The first-order chi connectivity index (χ1) is 9.49. The van der Waals surface area contributed by atoms with Gasteiger partial charge in [-0.25, -0.2) is 0 Å².